The summed E-state index contributed by atoms with van der Waals surface area (Å²) in [4.78, 5) is 30.9. The van der Waals surface area contributed by atoms with Crippen LogP contribution in [0.15, 0.2) is 64.4 Å². The maximum Gasteiger partial charge on any atom is 0.337 e. The summed E-state index contributed by atoms with van der Waals surface area (Å²) in [7, 11) is 0. The fourth-order valence-corrected chi connectivity index (χ4v) is 3.60. The minimum absolute atomic E-state index is 0.154. The normalized spacial score (nSPS) is 11.5. The number of hydrogen-bond donors (Lipinski definition) is 0. The van der Waals surface area contributed by atoms with Gasteiger partial charge in [0.05, 0.1) is 18.6 Å². The maximum atomic E-state index is 14.2. The van der Waals surface area contributed by atoms with Crippen molar-refractivity contribution in [2.24, 2.45) is 0 Å². The number of fused-ring (bicyclic) bond motifs is 1. The second kappa shape index (κ2) is 7.74. The van der Waals surface area contributed by atoms with E-state index in [2.05, 4.69) is 18.8 Å². The third-order valence-electron chi connectivity index (χ3n) is 5.35. The first kappa shape index (κ1) is 19.8. The summed E-state index contributed by atoms with van der Waals surface area (Å²) in [6, 6.07) is 13.8. The van der Waals surface area contributed by atoms with E-state index in [9.17, 15) is 14.0 Å². The summed E-state index contributed by atoms with van der Waals surface area (Å²) in [6.45, 7) is 6.46. The Bertz CT molecular complexity index is 1330. The van der Waals surface area contributed by atoms with Crippen LogP contribution in [0.1, 0.15) is 37.8 Å². The van der Waals surface area contributed by atoms with Gasteiger partial charge in [0.25, 0.3) is 5.56 Å². The number of halogens is 1. The monoisotopic (exact) mass is 406 g/mol. The van der Waals surface area contributed by atoms with E-state index in [0.29, 0.717) is 29.3 Å². The third kappa shape index (κ3) is 3.26. The lowest BCUT2D eigenvalue weighted by Crippen LogP contribution is -2.40. The van der Waals surface area contributed by atoms with Gasteiger partial charge in [-0.2, -0.15) is 0 Å². The highest BCUT2D eigenvalue weighted by molar-refractivity contribution is 5.72. The molecule has 6 nitrogen and oxygen atoms in total. The van der Waals surface area contributed by atoms with E-state index >= 15 is 0 Å². The first-order valence-electron chi connectivity index (χ1n) is 9.96. The quantitative estimate of drug-likeness (QED) is 0.508. The molecule has 4 aromatic rings. The molecule has 7 heteroatoms. The van der Waals surface area contributed by atoms with Gasteiger partial charge in [-0.05, 0) is 36.6 Å². The summed E-state index contributed by atoms with van der Waals surface area (Å²) in [5.41, 5.74) is 1.62. The zero-order chi connectivity index (χ0) is 21.4. The van der Waals surface area contributed by atoms with Crippen molar-refractivity contribution in [1.29, 1.82) is 0 Å². The van der Waals surface area contributed by atoms with Gasteiger partial charge in [-0.1, -0.05) is 44.2 Å². The molecule has 0 spiro atoms. The molecule has 0 aliphatic heterocycles. The number of rotatable bonds is 5. The lowest BCUT2D eigenvalue weighted by Gasteiger charge is -2.14. The fourth-order valence-electron chi connectivity index (χ4n) is 3.60. The molecule has 0 atom stereocenters. The molecule has 154 valence electrons. The van der Waals surface area contributed by atoms with Crippen molar-refractivity contribution in [1.82, 2.24) is 18.7 Å². The highest BCUT2D eigenvalue weighted by atomic mass is 19.1. The zero-order valence-electron chi connectivity index (χ0n) is 17.2. The van der Waals surface area contributed by atoms with Gasteiger partial charge in [0, 0.05) is 12.1 Å². The number of benzene rings is 2. The summed E-state index contributed by atoms with van der Waals surface area (Å²) in [6.07, 6.45) is 1.55. The van der Waals surface area contributed by atoms with Gasteiger partial charge >= 0.3 is 5.69 Å². The van der Waals surface area contributed by atoms with Crippen LogP contribution in [0.2, 0.25) is 0 Å². The largest absolute Gasteiger partial charge is 0.337 e. The molecule has 0 bridgehead atoms. The molecular weight excluding hydrogens is 383 g/mol. The lowest BCUT2D eigenvalue weighted by atomic mass is 10.0. The summed E-state index contributed by atoms with van der Waals surface area (Å²) in [5.74, 6) is -0.106. The van der Waals surface area contributed by atoms with E-state index < -0.39 is 17.1 Å². The van der Waals surface area contributed by atoms with Crippen LogP contribution < -0.4 is 11.2 Å². The van der Waals surface area contributed by atoms with Crippen molar-refractivity contribution in [2.45, 2.75) is 39.8 Å². The maximum absolute atomic E-state index is 14.2. The van der Waals surface area contributed by atoms with Crippen molar-refractivity contribution in [3.63, 3.8) is 0 Å². The van der Waals surface area contributed by atoms with E-state index in [1.807, 2.05) is 31.2 Å². The Morgan fingerprint density at radius 2 is 1.73 bits per heavy atom. The lowest BCUT2D eigenvalue weighted by molar-refractivity contribution is 0.586. The molecule has 0 saturated carbocycles. The van der Waals surface area contributed by atoms with Gasteiger partial charge in [0.15, 0.2) is 11.2 Å². The van der Waals surface area contributed by atoms with Crippen LogP contribution in [-0.2, 0) is 13.1 Å². The van der Waals surface area contributed by atoms with Crippen LogP contribution in [0.4, 0.5) is 4.39 Å². The van der Waals surface area contributed by atoms with Crippen LogP contribution >= 0.6 is 0 Å². The van der Waals surface area contributed by atoms with Crippen LogP contribution in [0, 0.1) is 5.82 Å². The molecule has 0 fully saturated rings. The Balaban J connectivity index is 2.00. The summed E-state index contributed by atoms with van der Waals surface area (Å²) in [5, 5.41) is 0. The van der Waals surface area contributed by atoms with Gasteiger partial charge in [-0.3, -0.25) is 9.36 Å². The van der Waals surface area contributed by atoms with E-state index in [4.69, 9.17) is 0 Å². The Kier molecular flexibility index (Phi) is 5.11. The molecular formula is C23H23FN4O2. The number of aryl methyl sites for hydroxylation is 1. The smallest absolute Gasteiger partial charge is 0.325 e. The van der Waals surface area contributed by atoms with Crippen LogP contribution in [-0.4, -0.2) is 18.7 Å². The SMILES string of the molecule is CCn1cnc2c1c(=O)n(Cc1ccccc1F)c(=O)n2-c1ccc(C(C)C)cc1. The van der Waals surface area contributed by atoms with Gasteiger partial charge in [-0.25, -0.2) is 18.7 Å². The van der Waals surface area contributed by atoms with Gasteiger partial charge in [0.1, 0.15) is 5.82 Å². The minimum Gasteiger partial charge on any atom is -0.325 e. The molecule has 0 aliphatic carbocycles. The second-order valence-corrected chi connectivity index (χ2v) is 7.55. The van der Waals surface area contributed by atoms with Crippen molar-refractivity contribution in [3.8, 4) is 5.69 Å². The number of nitrogens with zero attached hydrogens (tertiary/aromatic N) is 4. The average molecular weight is 406 g/mol. The predicted molar refractivity (Wildman–Crippen MR) is 115 cm³/mol. The topological polar surface area (TPSA) is 61.8 Å². The van der Waals surface area contributed by atoms with Crippen LogP contribution in [0.25, 0.3) is 16.9 Å². The van der Waals surface area contributed by atoms with E-state index in [1.54, 1.807) is 29.1 Å². The van der Waals surface area contributed by atoms with E-state index in [-0.39, 0.29) is 12.1 Å². The van der Waals surface area contributed by atoms with E-state index in [1.165, 1.54) is 10.6 Å². The van der Waals surface area contributed by atoms with E-state index in [0.717, 1.165) is 10.1 Å². The Morgan fingerprint density at radius 1 is 1.03 bits per heavy atom. The molecule has 0 amide bonds. The van der Waals surface area contributed by atoms with Crippen molar-refractivity contribution in [3.05, 3.63) is 92.6 Å². The molecule has 0 unspecified atom stereocenters. The fraction of sp³-hybridized carbons (Fsp3) is 0.261. The molecule has 0 radical (unpaired) electrons. The van der Waals surface area contributed by atoms with Crippen LogP contribution in [0.5, 0.6) is 0 Å². The predicted octanol–water partition coefficient (Wildman–Crippen LogP) is 3.68. The van der Waals surface area contributed by atoms with Crippen molar-refractivity contribution < 1.29 is 4.39 Å². The zero-order valence-corrected chi connectivity index (χ0v) is 17.2. The molecule has 2 aromatic heterocycles. The molecule has 0 saturated heterocycles. The first-order valence-corrected chi connectivity index (χ1v) is 9.96. The number of imidazole rings is 1. The van der Waals surface area contributed by atoms with Crippen LogP contribution in [0.3, 0.4) is 0 Å². The highest BCUT2D eigenvalue weighted by Gasteiger charge is 2.19. The average Bonchev–Trinajstić information content (AvgIpc) is 3.17. The van der Waals surface area contributed by atoms with Gasteiger partial charge in [-0.15, -0.1) is 0 Å². The van der Waals surface area contributed by atoms with Crippen molar-refractivity contribution >= 4 is 11.2 Å². The minimum atomic E-state index is -0.547. The van der Waals surface area contributed by atoms with Gasteiger partial charge < -0.3 is 4.57 Å². The Morgan fingerprint density at radius 3 is 2.37 bits per heavy atom. The molecule has 0 N–H and O–H groups in total. The molecule has 2 aromatic carbocycles. The van der Waals surface area contributed by atoms with Gasteiger partial charge in [0.2, 0.25) is 0 Å². The summed E-state index contributed by atoms with van der Waals surface area (Å²) >= 11 is 0. The second-order valence-electron chi connectivity index (χ2n) is 7.55. The number of hydrogen-bond acceptors (Lipinski definition) is 3. The highest BCUT2D eigenvalue weighted by Crippen LogP contribution is 2.18. The first-order chi connectivity index (χ1) is 14.4. The third-order valence-corrected chi connectivity index (χ3v) is 5.35. The number of aromatic nitrogens is 4. The Labute approximate surface area is 172 Å². The molecule has 4 rings (SSSR count). The Hall–Kier alpha value is -3.48. The molecule has 30 heavy (non-hydrogen) atoms. The molecule has 2 heterocycles. The van der Waals surface area contributed by atoms with Crippen molar-refractivity contribution in [2.75, 3.05) is 0 Å². The molecule has 0 aliphatic rings. The summed E-state index contributed by atoms with van der Waals surface area (Å²) < 4.78 is 18.4. The standard InChI is InChI=1S/C23H23FN4O2/c1-4-26-14-25-21-20(26)22(29)27(13-17-7-5-6-8-19(17)24)23(30)28(21)18-11-9-16(10-12-18)15(2)3/h5-12,14-15H,4,13H2,1-3H3.